The lowest BCUT2D eigenvalue weighted by Crippen LogP contribution is -2.29. The van der Waals surface area contributed by atoms with E-state index in [1.165, 1.54) is 18.3 Å². The Bertz CT molecular complexity index is 611. The molecule has 2 amide bonds. The largest absolute Gasteiger partial charge is 0.348 e. The topological polar surface area (TPSA) is 58.2 Å². The standard InChI is InChI=1S/C15H15BrN2O2S/c1-10(19)17-13(14-3-2-8-21-14)9-15(20)18-12-6-4-11(16)5-7-12/h2-8,13H,9H2,1H3,(H,17,19)(H,18,20). The molecule has 0 saturated carbocycles. The minimum absolute atomic E-state index is 0.135. The van der Waals surface area contributed by atoms with Crippen molar-refractivity contribution in [1.82, 2.24) is 5.32 Å². The van der Waals surface area contributed by atoms with Gasteiger partial charge in [0.25, 0.3) is 0 Å². The van der Waals surface area contributed by atoms with Crippen LogP contribution >= 0.6 is 27.3 Å². The summed E-state index contributed by atoms with van der Waals surface area (Å²) in [4.78, 5) is 24.4. The van der Waals surface area contributed by atoms with Crippen LogP contribution in [0.4, 0.5) is 5.69 Å². The van der Waals surface area contributed by atoms with Gasteiger partial charge in [-0.1, -0.05) is 22.0 Å². The molecule has 2 N–H and O–H groups in total. The maximum absolute atomic E-state index is 12.1. The second kappa shape index (κ2) is 7.38. The van der Waals surface area contributed by atoms with Crippen LogP contribution in [0.5, 0.6) is 0 Å². The number of nitrogens with one attached hydrogen (secondary N) is 2. The number of hydrogen-bond donors (Lipinski definition) is 2. The van der Waals surface area contributed by atoms with Crippen molar-refractivity contribution in [2.75, 3.05) is 5.32 Å². The molecule has 0 bridgehead atoms. The zero-order valence-corrected chi connectivity index (χ0v) is 13.8. The molecule has 6 heteroatoms. The molecular formula is C15H15BrN2O2S. The van der Waals surface area contributed by atoms with E-state index in [2.05, 4.69) is 26.6 Å². The molecule has 1 atom stereocenters. The third-order valence-corrected chi connectivity index (χ3v) is 4.30. The predicted molar refractivity (Wildman–Crippen MR) is 88.3 cm³/mol. The summed E-state index contributed by atoms with van der Waals surface area (Å²) in [7, 11) is 0. The fourth-order valence-corrected chi connectivity index (χ4v) is 2.93. The first kappa shape index (κ1) is 15.7. The monoisotopic (exact) mass is 366 g/mol. The molecule has 2 rings (SSSR count). The van der Waals surface area contributed by atoms with E-state index in [-0.39, 0.29) is 24.3 Å². The van der Waals surface area contributed by atoms with Crippen LogP contribution in [0.3, 0.4) is 0 Å². The van der Waals surface area contributed by atoms with Gasteiger partial charge < -0.3 is 10.6 Å². The van der Waals surface area contributed by atoms with Crippen molar-refractivity contribution in [3.8, 4) is 0 Å². The van der Waals surface area contributed by atoms with Gasteiger partial charge in [0.2, 0.25) is 11.8 Å². The van der Waals surface area contributed by atoms with Gasteiger partial charge in [-0.05, 0) is 35.7 Å². The number of carbonyl (C=O) groups is 2. The van der Waals surface area contributed by atoms with Crippen LogP contribution in [-0.4, -0.2) is 11.8 Å². The van der Waals surface area contributed by atoms with Crippen LogP contribution in [0.15, 0.2) is 46.3 Å². The summed E-state index contributed by atoms with van der Waals surface area (Å²) >= 11 is 4.87. The first-order valence-corrected chi connectivity index (χ1v) is 8.08. The molecule has 2 aromatic rings. The Morgan fingerprint density at radius 3 is 2.52 bits per heavy atom. The number of rotatable bonds is 5. The smallest absolute Gasteiger partial charge is 0.226 e. The lowest BCUT2D eigenvalue weighted by Gasteiger charge is -2.16. The molecule has 0 aliphatic heterocycles. The molecule has 110 valence electrons. The van der Waals surface area contributed by atoms with Gasteiger partial charge >= 0.3 is 0 Å². The Kier molecular flexibility index (Phi) is 5.52. The Morgan fingerprint density at radius 1 is 1.24 bits per heavy atom. The molecule has 1 aromatic carbocycles. The number of anilines is 1. The summed E-state index contributed by atoms with van der Waals surface area (Å²) in [5, 5.41) is 7.57. The maximum atomic E-state index is 12.1. The average molecular weight is 367 g/mol. The van der Waals surface area contributed by atoms with Gasteiger partial charge in [0.15, 0.2) is 0 Å². The van der Waals surface area contributed by atoms with Gasteiger partial charge in [-0.3, -0.25) is 9.59 Å². The zero-order chi connectivity index (χ0) is 15.2. The number of amides is 2. The Morgan fingerprint density at radius 2 is 1.95 bits per heavy atom. The SMILES string of the molecule is CC(=O)NC(CC(=O)Nc1ccc(Br)cc1)c1cccs1. The van der Waals surface area contributed by atoms with Crippen molar-refractivity contribution >= 4 is 44.8 Å². The highest BCUT2D eigenvalue weighted by atomic mass is 79.9. The van der Waals surface area contributed by atoms with Crippen molar-refractivity contribution in [1.29, 1.82) is 0 Å². The Balaban J connectivity index is 2.01. The van der Waals surface area contributed by atoms with Crippen molar-refractivity contribution in [2.24, 2.45) is 0 Å². The zero-order valence-electron chi connectivity index (χ0n) is 11.4. The number of carbonyl (C=O) groups excluding carboxylic acids is 2. The summed E-state index contributed by atoms with van der Waals surface area (Å²) in [6.07, 6.45) is 0.205. The summed E-state index contributed by atoms with van der Waals surface area (Å²) in [6, 6.07) is 10.9. The van der Waals surface area contributed by atoms with Gasteiger partial charge in [-0.2, -0.15) is 0 Å². The number of halogens is 1. The predicted octanol–water partition coefficient (Wildman–Crippen LogP) is 3.72. The van der Waals surface area contributed by atoms with E-state index in [1.807, 2.05) is 41.8 Å². The number of hydrogen-bond acceptors (Lipinski definition) is 3. The third-order valence-electron chi connectivity index (χ3n) is 2.78. The molecule has 1 heterocycles. The van der Waals surface area contributed by atoms with Crippen LogP contribution in [0, 0.1) is 0 Å². The van der Waals surface area contributed by atoms with Gasteiger partial charge in [0.05, 0.1) is 12.5 Å². The van der Waals surface area contributed by atoms with Gasteiger partial charge in [0, 0.05) is 22.0 Å². The molecule has 0 saturated heterocycles. The van der Waals surface area contributed by atoms with E-state index in [1.54, 1.807) is 0 Å². The summed E-state index contributed by atoms with van der Waals surface area (Å²) < 4.78 is 0.954. The van der Waals surface area contributed by atoms with Crippen LogP contribution in [0.1, 0.15) is 24.3 Å². The lowest BCUT2D eigenvalue weighted by molar-refractivity contribution is -0.120. The van der Waals surface area contributed by atoms with Crippen LogP contribution in [0.25, 0.3) is 0 Å². The molecule has 0 fully saturated rings. The van der Waals surface area contributed by atoms with Crippen LogP contribution < -0.4 is 10.6 Å². The van der Waals surface area contributed by atoms with Crippen LogP contribution in [0.2, 0.25) is 0 Å². The van der Waals surface area contributed by atoms with E-state index in [4.69, 9.17) is 0 Å². The van der Waals surface area contributed by atoms with Gasteiger partial charge in [-0.15, -0.1) is 11.3 Å². The summed E-state index contributed by atoms with van der Waals surface area (Å²) in [6.45, 7) is 1.45. The quantitative estimate of drug-likeness (QED) is 0.846. The highest BCUT2D eigenvalue weighted by Crippen LogP contribution is 2.23. The molecule has 1 aromatic heterocycles. The minimum atomic E-state index is -0.294. The molecule has 4 nitrogen and oxygen atoms in total. The van der Waals surface area contributed by atoms with Crippen molar-refractivity contribution in [3.05, 3.63) is 51.1 Å². The van der Waals surface area contributed by atoms with Crippen molar-refractivity contribution < 1.29 is 9.59 Å². The van der Waals surface area contributed by atoms with Crippen LogP contribution in [-0.2, 0) is 9.59 Å². The number of benzene rings is 1. The fraction of sp³-hybridized carbons (Fsp3) is 0.200. The highest BCUT2D eigenvalue weighted by Gasteiger charge is 2.18. The lowest BCUT2D eigenvalue weighted by atomic mass is 10.1. The molecule has 21 heavy (non-hydrogen) atoms. The molecular weight excluding hydrogens is 352 g/mol. The molecule has 0 aliphatic carbocycles. The second-order valence-electron chi connectivity index (χ2n) is 4.53. The fourth-order valence-electron chi connectivity index (χ4n) is 1.89. The molecule has 1 unspecified atom stereocenters. The normalized spacial score (nSPS) is 11.7. The maximum Gasteiger partial charge on any atom is 0.226 e. The molecule has 0 aliphatic rings. The van der Waals surface area contributed by atoms with Gasteiger partial charge in [-0.25, -0.2) is 0 Å². The van der Waals surface area contributed by atoms with Gasteiger partial charge in [0.1, 0.15) is 0 Å². The second-order valence-corrected chi connectivity index (χ2v) is 6.42. The van der Waals surface area contributed by atoms with E-state index in [0.717, 1.165) is 15.0 Å². The van der Waals surface area contributed by atoms with Crippen molar-refractivity contribution in [3.63, 3.8) is 0 Å². The molecule has 0 radical (unpaired) electrons. The molecule has 0 spiro atoms. The van der Waals surface area contributed by atoms with E-state index in [0.29, 0.717) is 0 Å². The Labute approximate surface area is 135 Å². The summed E-state index contributed by atoms with van der Waals surface area (Å²) in [5.41, 5.74) is 0.732. The van der Waals surface area contributed by atoms with E-state index in [9.17, 15) is 9.59 Å². The first-order valence-electron chi connectivity index (χ1n) is 6.40. The number of thiophene rings is 1. The van der Waals surface area contributed by atoms with E-state index >= 15 is 0 Å². The van der Waals surface area contributed by atoms with Crippen molar-refractivity contribution in [2.45, 2.75) is 19.4 Å². The minimum Gasteiger partial charge on any atom is -0.348 e. The third kappa shape index (κ3) is 4.99. The highest BCUT2D eigenvalue weighted by molar-refractivity contribution is 9.10. The summed E-state index contributed by atoms with van der Waals surface area (Å²) in [5.74, 6) is -0.283. The van der Waals surface area contributed by atoms with E-state index < -0.39 is 0 Å². The first-order chi connectivity index (χ1) is 10.0. The Hall–Kier alpha value is -1.66. The average Bonchev–Trinajstić information content (AvgIpc) is 2.94.